The van der Waals surface area contributed by atoms with Crippen LogP contribution in [0.4, 0.5) is 14.9 Å². The van der Waals surface area contributed by atoms with Gasteiger partial charge in [0.15, 0.2) is 0 Å². The minimum Gasteiger partial charge on any atom is -0.388 e. The van der Waals surface area contributed by atoms with Crippen molar-refractivity contribution in [1.82, 2.24) is 15.1 Å². The van der Waals surface area contributed by atoms with E-state index in [1.165, 1.54) is 10.5 Å². The van der Waals surface area contributed by atoms with Crippen LogP contribution in [0.2, 0.25) is 0 Å². The predicted molar refractivity (Wildman–Crippen MR) is 126 cm³/mol. The fourth-order valence-corrected chi connectivity index (χ4v) is 4.74. The highest BCUT2D eigenvalue weighted by Gasteiger charge is 2.28. The number of carbonyl (C=O) groups is 2. The van der Waals surface area contributed by atoms with Gasteiger partial charge in [-0.05, 0) is 79.7 Å². The first kappa shape index (κ1) is 22.9. The fourth-order valence-electron chi connectivity index (χ4n) is 4.74. The largest absolute Gasteiger partial charge is 0.388 e. The number of anilines is 1. The van der Waals surface area contributed by atoms with Crippen molar-refractivity contribution in [3.63, 3.8) is 0 Å². The Bertz CT molecular complexity index is 1060. The number of piperidine rings is 1. The van der Waals surface area contributed by atoms with Crippen molar-refractivity contribution in [2.45, 2.75) is 38.6 Å². The Kier molecular flexibility index (Phi) is 6.74. The van der Waals surface area contributed by atoms with E-state index in [-0.39, 0.29) is 30.5 Å². The van der Waals surface area contributed by atoms with E-state index >= 15 is 0 Å². The summed E-state index contributed by atoms with van der Waals surface area (Å²) in [5.41, 5.74) is 4.58. The number of amides is 3. The Morgan fingerprint density at radius 2 is 1.91 bits per heavy atom. The Hall–Kier alpha value is -3.26. The molecule has 3 amide bonds. The number of halogens is 1. The number of nitrogens with one attached hydrogen (secondary N) is 3. The number of nitrogens with zero attached hydrogens (tertiary/aromatic N) is 2. The maximum atomic E-state index is 13.7. The average molecular weight is 452 g/mol. The zero-order valence-corrected chi connectivity index (χ0v) is 19.1. The lowest BCUT2D eigenvalue weighted by Gasteiger charge is -2.33. The molecule has 0 unspecified atom stereocenters. The molecule has 2 aliphatic rings. The van der Waals surface area contributed by atoms with Crippen molar-refractivity contribution >= 4 is 23.5 Å². The summed E-state index contributed by atoms with van der Waals surface area (Å²) >= 11 is 0. The van der Waals surface area contributed by atoms with Crippen molar-refractivity contribution in [2.24, 2.45) is 0 Å². The van der Waals surface area contributed by atoms with E-state index in [9.17, 15) is 14.0 Å². The monoisotopic (exact) mass is 451 g/mol. The van der Waals surface area contributed by atoms with Crippen molar-refractivity contribution in [1.29, 1.82) is 5.41 Å². The second-order valence-corrected chi connectivity index (χ2v) is 8.85. The second kappa shape index (κ2) is 9.70. The predicted octanol–water partition coefficient (Wildman–Crippen LogP) is 3.82. The highest BCUT2D eigenvalue weighted by Crippen LogP contribution is 2.32. The van der Waals surface area contributed by atoms with E-state index in [2.05, 4.69) is 21.6 Å². The molecule has 8 heteroatoms. The summed E-state index contributed by atoms with van der Waals surface area (Å²) in [6, 6.07) is 10.6. The SMILES string of the molecule is CNc1cc(C2CCN(Cc3cc(C)cc(F)c3)CC2)ccc1C(=N)N1CCC(=O)NC1=O. The van der Waals surface area contributed by atoms with Crippen LogP contribution in [0.1, 0.15) is 47.4 Å². The number of amidine groups is 1. The molecule has 0 atom stereocenters. The third-order valence-electron chi connectivity index (χ3n) is 6.46. The molecule has 0 bridgehead atoms. The Morgan fingerprint density at radius 1 is 1.15 bits per heavy atom. The number of hydrogen-bond donors (Lipinski definition) is 3. The van der Waals surface area contributed by atoms with Gasteiger partial charge in [0, 0.05) is 37.8 Å². The number of urea groups is 1. The molecule has 2 aliphatic heterocycles. The van der Waals surface area contributed by atoms with Gasteiger partial charge < -0.3 is 5.32 Å². The van der Waals surface area contributed by atoms with E-state index in [1.54, 1.807) is 19.2 Å². The van der Waals surface area contributed by atoms with Crippen LogP contribution in [0.5, 0.6) is 0 Å². The van der Waals surface area contributed by atoms with Crippen molar-refractivity contribution in [3.8, 4) is 0 Å². The van der Waals surface area contributed by atoms with Crippen LogP contribution in [0, 0.1) is 18.2 Å². The number of benzene rings is 2. The fraction of sp³-hybridized carbons (Fsp3) is 0.400. The molecular weight excluding hydrogens is 421 g/mol. The van der Waals surface area contributed by atoms with Gasteiger partial charge in [-0.2, -0.15) is 0 Å². The Morgan fingerprint density at radius 3 is 2.58 bits per heavy atom. The van der Waals surface area contributed by atoms with Crippen LogP contribution >= 0.6 is 0 Å². The van der Waals surface area contributed by atoms with Crippen molar-refractivity contribution in [3.05, 3.63) is 64.5 Å². The standard InChI is InChI=1S/C25H30FN5O2/c1-16-11-17(13-20(26)12-16)15-30-8-5-18(6-9-30)19-3-4-21(22(14-19)28-2)24(27)31-10-7-23(32)29-25(31)33/h3-4,11-14,18,27-28H,5-10,15H2,1-2H3,(H,29,32,33). The lowest BCUT2D eigenvalue weighted by Crippen LogP contribution is -2.52. The van der Waals surface area contributed by atoms with Gasteiger partial charge in [0.2, 0.25) is 5.91 Å². The van der Waals surface area contributed by atoms with Gasteiger partial charge >= 0.3 is 6.03 Å². The summed E-state index contributed by atoms with van der Waals surface area (Å²) in [6.07, 6.45) is 2.20. The number of rotatable bonds is 5. The van der Waals surface area contributed by atoms with E-state index < -0.39 is 6.03 Å². The quantitative estimate of drug-likeness (QED) is 0.476. The average Bonchev–Trinajstić information content (AvgIpc) is 2.78. The Balaban J connectivity index is 1.41. The first-order valence-corrected chi connectivity index (χ1v) is 11.3. The highest BCUT2D eigenvalue weighted by atomic mass is 19.1. The molecule has 2 fully saturated rings. The van der Waals surface area contributed by atoms with Crippen molar-refractivity contribution in [2.75, 3.05) is 32.0 Å². The maximum Gasteiger partial charge on any atom is 0.329 e. The molecule has 2 saturated heterocycles. The molecule has 2 aromatic rings. The van der Waals surface area contributed by atoms with Gasteiger partial charge in [-0.25, -0.2) is 9.18 Å². The second-order valence-electron chi connectivity index (χ2n) is 8.85. The summed E-state index contributed by atoms with van der Waals surface area (Å²) < 4.78 is 13.7. The highest BCUT2D eigenvalue weighted by molar-refractivity contribution is 6.12. The van der Waals surface area contributed by atoms with Crippen LogP contribution in [-0.4, -0.2) is 54.3 Å². The first-order chi connectivity index (χ1) is 15.8. The zero-order chi connectivity index (χ0) is 23.5. The molecule has 3 N–H and O–H groups in total. The van der Waals surface area contributed by atoms with Crippen LogP contribution in [0.25, 0.3) is 0 Å². The number of imide groups is 1. The third kappa shape index (κ3) is 5.22. The summed E-state index contributed by atoms with van der Waals surface area (Å²) in [5.74, 6) is -0.0104. The smallest absolute Gasteiger partial charge is 0.329 e. The molecule has 2 heterocycles. The third-order valence-corrected chi connectivity index (χ3v) is 6.46. The molecule has 7 nitrogen and oxygen atoms in total. The summed E-state index contributed by atoms with van der Waals surface area (Å²) in [6.45, 7) is 4.75. The molecule has 0 radical (unpaired) electrons. The van der Waals surface area contributed by atoms with E-state index in [0.717, 1.165) is 49.3 Å². The van der Waals surface area contributed by atoms with Gasteiger partial charge in [-0.3, -0.25) is 25.3 Å². The minimum absolute atomic E-state index is 0.0797. The van der Waals surface area contributed by atoms with Gasteiger partial charge in [-0.1, -0.05) is 12.1 Å². The lowest BCUT2D eigenvalue weighted by molar-refractivity contribution is -0.121. The van der Waals surface area contributed by atoms with Gasteiger partial charge in [0.25, 0.3) is 0 Å². The van der Waals surface area contributed by atoms with Crippen LogP contribution in [-0.2, 0) is 11.3 Å². The number of aryl methyl sites for hydroxylation is 1. The van der Waals surface area contributed by atoms with Crippen LogP contribution < -0.4 is 10.6 Å². The van der Waals surface area contributed by atoms with Gasteiger partial charge in [0.05, 0.1) is 0 Å². The molecule has 0 saturated carbocycles. The summed E-state index contributed by atoms with van der Waals surface area (Å²) in [5, 5.41) is 14.0. The zero-order valence-electron chi connectivity index (χ0n) is 19.1. The van der Waals surface area contributed by atoms with E-state index in [0.29, 0.717) is 11.5 Å². The van der Waals surface area contributed by atoms with E-state index in [4.69, 9.17) is 5.41 Å². The molecule has 0 spiro atoms. The molecule has 174 valence electrons. The lowest BCUT2D eigenvalue weighted by atomic mass is 9.88. The number of carbonyl (C=O) groups excluding carboxylic acids is 2. The maximum absolute atomic E-state index is 13.7. The number of likely N-dealkylation sites (tertiary alicyclic amines) is 1. The van der Waals surface area contributed by atoms with Gasteiger partial charge in [-0.15, -0.1) is 0 Å². The van der Waals surface area contributed by atoms with E-state index in [1.807, 2.05) is 25.1 Å². The summed E-state index contributed by atoms with van der Waals surface area (Å²) in [7, 11) is 1.80. The number of hydrogen-bond acceptors (Lipinski definition) is 5. The molecule has 0 aromatic heterocycles. The summed E-state index contributed by atoms with van der Waals surface area (Å²) in [4.78, 5) is 27.2. The minimum atomic E-state index is -0.553. The first-order valence-electron chi connectivity index (χ1n) is 11.3. The molecule has 4 rings (SSSR count). The normalized spacial score (nSPS) is 17.7. The topological polar surface area (TPSA) is 88.5 Å². The van der Waals surface area contributed by atoms with Crippen molar-refractivity contribution < 1.29 is 14.0 Å². The Labute approximate surface area is 193 Å². The molecular formula is C25H30FN5O2. The van der Waals surface area contributed by atoms with Crippen LogP contribution in [0.15, 0.2) is 36.4 Å². The molecule has 0 aliphatic carbocycles. The van der Waals surface area contributed by atoms with Gasteiger partial charge in [0.1, 0.15) is 11.7 Å². The molecule has 33 heavy (non-hydrogen) atoms. The van der Waals surface area contributed by atoms with Crippen LogP contribution in [0.3, 0.4) is 0 Å². The molecule has 2 aromatic carbocycles.